The van der Waals surface area contributed by atoms with Crippen molar-refractivity contribution in [3.05, 3.63) is 17.0 Å². The Kier molecular flexibility index (Phi) is 3.44. The van der Waals surface area contributed by atoms with Crippen LogP contribution < -0.4 is 0 Å². The molecular weight excluding hydrogens is 272 g/mol. The maximum atomic E-state index is 12.6. The summed E-state index contributed by atoms with van der Waals surface area (Å²) in [5.74, 6) is -0.209. The van der Waals surface area contributed by atoms with E-state index in [1.165, 1.54) is 0 Å². The van der Waals surface area contributed by atoms with Crippen molar-refractivity contribution in [2.45, 2.75) is 32.5 Å². The van der Waals surface area contributed by atoms with Crippen molar-refractivity contribution < 1.29 is 14.3 Å². The smallest absolute Gasteiger partial charge is 0.275 e. The van der Waals surface area contributed by atoms with Crippen LogP contribution in [0.25, 0.3) is 0 Å². The van der Waals surface area contributed by atoms with Crippen LogP contribution in [0.3, 0.4) is 0 Å². The van der Waals surface area contributed by atoms with E-state index >= 15 is 0 Å². The van der Waals surface area contributed by atoms with Crippen molar-refractivity contribution in [3.63, 3.8) is 0 Å². The fraction of sp³-hybridized carbons (Fsp3) is 0.643. The predicted octanol–water partition coefficient (Wildman–Crippen LogP) is 0.346. The number of H-pyrrole nitrogens is 1. The Morgan fingerprint density at radius 2 is 2.14 bits per heavy atom. The Bertz CT molecular complexity index is 583. The minimum atomic E-state index is -0.171. The number of nitrogens with zero attached hydrogens (tertiary/aromatic N) is 3. The van der Waals surface area contributed by atoms with Gasteiger partial charge in [-0.3, -0.25) is 14.7 Å². The number of carbonyl (C=O) groups excluding carboxylic acids is 2. The molecule has 3 rings (SSSR count). The van der Waals surface area contributed by atoms with E-state index in [-0.39, 0.29) is 30.6 Å². The fourth-order valence-corrected chi connectivity index (χ4v) is 2.93. The van der Waals surface area contributed by atoms with Crippen LogP contribution in [0.1, 0.15) is 41.7 Å². The number of likely N-dealkylation sites (N-methyl/N-ethyl adjacent to an activating group) is 1. The lowest BCUT2D eigenvalue weighted by Crippen LogP contribution is -2.50. The first-order valence-corrected chi connectivity index (χ1v) is 7.23. The van der Waals surface area contributed by atoms with E-state index in [9.17, 15) is 9.59 Å². The van der Waals surface area contributed by atoms with Crippen LogP contribution in [0.2, 0.25) is 0 Å². The van der Waals surface area contributed by atoms with Crippen LogP contribution in [0.15, 0.2) is 0 Å². The summed E-state index contributed by atoms with van der Waals surface area (Å²) in [5.41, 5.74) is 2.24. The molecule has 1 aromatic rings. The van der Waals surface area contributed by atoms with Gasteiger partial charge in [0, 0.05) is 32.1 Å². The standard InChI is InChI=1S/C14H20N4O3/c1-8-6-10-12(9(2)21-8)15-16-13(10)14(20)18-5-4-17(3)11(19)7-18/h8-9H,4-7H2,1-3H3,(H,15,16)/t8-,9+/m1/s1. The second kappa shape index (κ2) is 5.14. The fourth-order valence-electron chi connectivity index (χ4n) is 2.93. The molecule has 0 spiro atoms. The highest BCUT2D eigenvalue weighted by Crippen LogP contribution is 2.30. The molecule has 1 aromatic heterocycles. The molecule has 1 saturated heterocycles. The van der Waals surface area contributed by atoms with Gasteiger partial charge in [0.05, 0.1) is 17.9 Å². The number of hydrogen-bond donors (Lipinski definition) is 1. The first-order valence-electron chi connectivity index (χ1n) is 7.23. The molecule has 0 unspecified atom stereocenters. The minimum Gasteiger partial charge on any atom is -0.369 e. The lowest BCUT2D eigenvalue weighted by Gasteiger charge is -2.32. The monoisotopic (exact) mass is 292 g/mol. The van der Waals surface area contributed by atoms with Crippen LogP contribution >= 0.6 is 0 Å². The zero-order chi connectivity index (χ0) is 15.1. The molecule has 1 N–H and O–H groups in total. The third-order valence-electron chi connectivity index (χ3n) is 4.18. The predicted molar refractivity (Wildman–Crippen MR) is 74.8 cm³/mol. The highest BCUT2D eigenvalue weighted by atomic mass is 16.5. The van der Waals surface area contributed by atoms with Gasteiger partial charge in [-0.15, -0.1) is 0 Å². The van der Waals surface area contributed by atoms with Crippen molar-refractivity contribution in [1.82, 2.24) is 20.0 Å². The largest absolute Gasteiger partial charge is 0.369 e. The van der Waals surface area contributed by atoms with Gasteiger partial charge in [0.1, 0.15) is 6.54 Å². The van der Waals surface area contributed by atoms with E-state index in [4.69, 9.17) is 4.74 Å². The molecule has 3 heterocycles. The second-order valence-electron chi connectivity index (χ2n) is 5.80. The lowest BCUT2D eigenvalue weighted by molar-refractivity contribution is -0.133. The van der Waals surface area contributed by atoms with Crippen LogP contribution in [0.4, 0.5) is 0 Å². The number of aromatic amines is 1. The molecule has 114 valence electrons. The third-order valence-corrected chi connectivity index (χ3v) is 4.18. The van der Waals surface area contributed by atoms with Gasteiger partial charge in [-0.05, 0) is 13.8 Å². The molecule has 0 aromatic carbocycles. The Balaban J connectivity index is 1.85. The van der Waals surface area contributed by atoms with E-state index in [1.54, 1.807) is 16.8 Å². The van der Waals surface area contributed by atoms with E-state index < -0.39 is 0 Å². The van der Waals surface area contributed by atoms with Crippen LogP contribution in [0.5, 0.6) is 0 Å². The first-order chi connectivity index (χ1) is 9.97. The molecular formula is C14H20N4O3. The summed E-state index contributed by atoms with van der Waals surface area (Å²) in [7, 11) is 1.75. The summed E-state index contributed by atoms with van der Waals surface area (Å²) in [6, 6.07) is 0. The number of carbonyl (C=O) groups is 2. The summed E-state index contributed by atoms with van der Waals surface area (Å²) >= 11 is 0. The number of piperazine rings is 1. The van der Waals surface area contributed by atoms with Gasteiger partial charge in [0.15, 0.2) is 5.69 Å². The van der Waals surface area contributed by atoms with Crippen molar-refractivity contribution in [2.24, 2.45) is 0 Å². The van der Waals surface area contributed by atoms with Gasteiger partial charge >= 0.3 is 0 Å². The molecule has 0 bridgehead atoms. The van der Waals surface area contributed by atoms with Gasteiger partial charge in [0.25, 0.3) is 5.91 Å². The Labute approximate surface area is 123 Å². The zero-order valence-electron chi connectivity index (χ0n) is 12.5. The summed E-state index contributed by atoms with van der Waals surface area (Å²) in [6.45, 7) is 5.16. The molecule has 0 aliphatic carbocycles. The molecule has 2 aliphatic rings. The maximum absolute atomic E-state index is 12.6. The second-order valence-corrected chi connectivity index (χ2v) is 5.80. The molecule has 2 amide bonds. The third kappa shape index (κ3) is 2.42. The Hall–Kier alpha value is -1.89. The minimum absolute atomic E-state index is 0.0379. The number of amides is 2. The average molecular weight is 292 g/mol. The van der Waals surface area contributed by atoms with Crippen molar-refractivity contribution in [1.29, 1.82) is 0 Å². The van der Waals surface area contributed by atoms with Gasteiger partial charge in [0.2, 0.25) is 5.91 Å². The van der Waals surface area contributed by atoms with E-state index in [0.29, 0.717) is 25.2 Å². The first kappa shape index (κ1) is 14.1. The number of hydrogen-bond acceptors (Lipinski definition) is 4. The highest BCUT2D eigenvalue weighted by molar-refractivity contribution is 5.97. The molecule has 2 aliphatic heterocycles. The van der Waals surface area contributed by atoms with Crippen LogP contribution in [0, 0.1) is 0 Å². The summed E-state index contributed by atoms with van der Waals surface area (Å²) < 4.78 is 5.73. The number of ether oxygens (including phenoxy) is 1. The molecule has 0 radical (unpaired) electrons. The number of rotatable bonds is 1. The van der Waals surface area contributed by atoms with Crippen molar-refractivity contribution in [2.75, 3.05) is 26.7 Å². The lowest BCUT2D eigenvalue weighted by atomic mass is 9.99. The maximum Gasteiger partial charge on any atom is 0.275 e. The van der Waals surface area contributed by atoms with Crippen LogP contribution in [-0.4, -0.2) is 64.6 Å². The van der Waals surface area contributed by atoms with Crippen molar-refractivity contribution in [3.8, 4) is 0 Å². The molecule has 7 nitrogen and oxygen atoms in total. The highest BCUT2D eigenvalue weighted by Gasteiger charge is 2.33. The average Bonchev–Trinajstić information content (AvgIpc) is 2.85. The van der Waals surface area contributed by atoms with E-state index in [0.717, 1.165) is 11.3 Å². The van der Waals surface area contributed by atoms with Crippen molar-refractivity contribution >= 4 is 11.8 Å². The molecule has 21 heavy (non-hydrogen) atoms. The molecule has 7 heteroatoms. The molecule has 1 fully saturated rings. The van der Waals surface area contributed by atoms with E-state index in [1.807, 2.05) is 13.8 Å². The van der Waals surface area contributed by atoms with Gasteiger partial charge < -0.3 is 14.5 Å². The SMILES string of the molecule is C[C@@H]1Cc2c(C(=O)N3CCN(C)C(=O)C3)n[nH]c2[C@H](C)O1. The Morgan fingerprint density at radius 3 is 2.86 bits per heavy atom. The summed E-state index contributed by atoms with van der Waals surface area (Å²) in [5, 5.41) is 7.10. The quantitative estimate of drug-likeness (QED) is 0.810. The molecule has 0 saturated carbocycles. The van der Waals surface area contributed by atoms with E-state index in [2.05, 4.69) is 10.2 Å². The van der Waals surface area contributed by atoms with Gasteiger partial charge in [-0.2, -0.15) is 5.10 Å². The summed E-state index contributed by atoms with van der Waals surface area (Å²) in [6.07, 6.45) is 0.636. The topological polar surface area (TPSA) is 78.5 Å². The number of fused-ring (bicyclic) bond motifs is 1. The summed E-state index contributed by atoms with van der Waals surface area (Å²) in [4.78, 5) is 27.6. The van der Waals surface area contributed by atoms with Crippen LogP contribution in [-0.2, 0) is 16.0 Å². The Morgan fingerprint density at radius 1 is 1.38 bits per heavy atom. The van der Waals surface area contributed by atoms with Gasteiger partial charge in [-0.1, -0.05) is 0 Å². The zero-order valence-corrected chi connectivity index (χ0v) is 12.5. The normalized spacial score (nSPS) is 26.0. The van der Waals surface area contributed by atoms with Gasteiger partial charge in [-0.25, -0.2) is 0 Å². The molecule has 2 atom stereocenters. The number of nitrogens with one attached hydrogen (secondary N) is 1. The number of aromatic nitrogens is 2.